The molecule has 1 atom stereocenters. The summed E-state index contributed by atoms with van der Waals surface area (Å²) in [5, 5.41) is 2.47. The van der Waals surface area contributed by atoms with Gasteiger partial charge in [0.05, 0.1) is 19.3 Å². The van der Waals surface area contributed by atoms with E-state index in [0.717, 1.165) is 0 Å². The van der Waals surface area contributed by atoms with E-state index in [1.54, 1.807) is 6.92 Å². The van der Waals surface area contributed by atoms with Gasteiger partial charge in [-0.25, -0.2) is 20.4 Å². The largest absolute Gasteiger partial charge is 0.449 e. The fraction of sp³-hybridized carbons (Fsp3) is 0.538. The Hall–Kier alpha value is -2.42. The van der Waals surface area contributed by atoms with E-state index in [4.69, 9.17) is 22.3 Å². The first-order valence-corrected chi connectivity index (χ1v) is 6.16. The molecule has 0 radical (unpaired) electrons. The minimum atomic E-state index is -0.759. The predicted octanol–water partition coefficient (Wildman–Crippen LogP) is -0.385. The molecule has 3 amide bonds. The SMILES string of the molecule is C#CCOCC(CNC(=O)NNC(=O)OCC)OCC#C. The molecule has 8 heteroatoms. The predicted molar refractivity (Wildman–Crippen MR) is 74.9 cm³/mol. The quantitative estimate of drug-likeness (QED) is 0.322. The van der Waals surface area contributed by atoms with E-state index in [2.05, 4.69) is 27.3 Å². The molecule has 0 aromatic rings. The van der Waals surface area contributed by atoms with Crippen LogP contribution in [0, 0.1) is 24.7 Å². The molecule has 21 heavy (non-hydrogen) atoms. The van der Waals surface area contributed by atoms with Gasteiger partial charge >= 0.3 is 12.1 Å². The summed E-state index contributed by atoms with van der Waals surface area (Å²) in [4.78, 5) is 22.3. The lowest BCUT2D eigenvalue weighted by molar-refractivity contribution is 0.00748. The van der Waals surface area contributed by atoms with E-state index in [0.29, 0.717) is 0 Å². The van der Waals surface area contributed by atoms with Crippen molar-refractivity contribution in [2.75, 3.05) is 33.0 Å². The van der Waals surface area contributed by atoms with Gasteiger partial charge in [0, 0.05) is 6.54 Å². The van der Waals surface area contributed by atoms with Crippen molar-refractivity contribution in [2.45, 2.75) is 13.0 Å². The normalized spacial score (nSPS) is 10.6. The van der Waals surface area contributed by atoms with Gasteiger partial charge in [-0.1, -0.05) is 11.8 Å². The van der Waals surface area contributed by atoms with Crippen molar-refractivity contribution in [1.82, 2.24) is 16.2 Å². The Bertz CT molecular complexity index is 400. The van der Waals surface area contributed by atoms with Crippen molar-refractivity contribution >= 4 is 12.1 Å². The van der Waals surface area contributed by atoms with Crippen LogP contribution in [-0.4, -0.2) is 51.2 Å². The first kappa shape index (κ1) is 18.6. The van der Waals surface area contributed by atoms with Crippen LogP contribution in [0.1, 0.15) is 6.92 Å². The van der Waals surface area contributed by atoms with Crippen LogP contribution in [0.25, 0.3) is 0 Å². The number of hydrogen-bond acceptors (Lipinski definition) is 5. The molecule has 116 valence electrons. The Labute approximate surface area is 123 Å². The molecule has 0 rings (SSSR count). The van der Waals surface area contributed by atoms with E-state index in [1.165, 1.54) is 0 Å². The minimum Gasteiger partial charge on any atom is -0.449 e. The van der Waals surface area contributed by atoms with E-state index >= 15 is 0 Å². The van der Waals surface area contributed by atoms with E-state index in [9.17, 15) is 9.59 Å². The average Bonchev–Trinajstić information content (AvgIpc) is 2.47. The van der Waals surface area contributed by atoms with Gasteiger partial charge in [0.25, 0.3) is 0 Å². The summed E-state index contributed by atoms with van der Waals surface area (Å²) in [6.45, 7) is 2.36. The van der Waals surface area contributed by atoms with Crippen LogP contribution in [0.2, 0.25) is 0 Å². The summed E-state index contributed by atoms with van der Waals surface area (Å²) in [5.41, 5.74) is 4.15. The highest BCUT2D eigenvalue weighted by Crippen LogP contribution is 1.92. The van der Waals surface area contributed by atoms with E-state index < -0.39 is 18.2 Å². The number of carbonyl (C=O) groups is 2. The molecule has 0 saturated carbocycles. The monoisotopic (exact) mass is 297 g/mol. The maximum absolute atomic E-state index is 11.4. The van der Waals surface area contributed by atoms with Crippen molar-refractivity contribution in [3.05, 3.63) is 0 Å². The topological polar surface area (TPSA) is 97.9 Å². The summed E-state index contributed by atoms with van der Waals surface area (Å²) in [6.07, 6.45) is 8.92. The number of hydrazine groups is 1. The van der Waals surface area contributed by atoms with Crippen LogP contribution >= 0.6 is 0 Å². The van der Waals surface area contributed by atoms with Gasteiger partial charge < -0.3 is 19.5 Å². The van der Waals surface area contributed by atoms with Crippen LogP contribution in [0.3, 0.4) is 0 Å². The van der Waals surface area contributed by atoms with Gasteiger partial charge in [-0.05, 0) is 6.92 Å². The number of nitrogens with one attached hydrogen (secondary N) is 3. The highest BCUT2D eigenvalue weighted by Gasteiger charge is 2.11. The lowest BCUT2D eigenvalue weighted by Gasteiger charge is -2.17. The van der Waals surface area contributed by atoms with Crippen LogP contribution < -0.4 is 16.2 Å². The maximum Gasteiger partial charge on any atom is 0.426 e. The molecular weight excluding hydrogens is 278 g/mol. The number of amides is 3. The zero-order chi connectivity index (χ0) is 15.9. The molecule has 0 aliphatic rings. The highest BCUT2D eigenvalue weighted by molar-refractivity contribution is 5.77. The van der Waals surface area contributed by atoms with Gasteiger partial charge in [0.15, 0.2) is 0 Å². The van der Waals surface area contributed by atoms with Crippen molar-refractivity contribution < 1.29 is 23.8 Å². The molecular formula is C13H19N3O5. The second-order valence-corrected chi connectivity index (χ2v) is 3.54. The number of ether oxygens (including phenoxy) is 3. The first-order chi connectivity index (χ1) is 10.1. The standard InChI is InChI=1S/C13H19N3O5/c1-4-7-19-10-11(21-8-5-2)9-14-12(17)15-16-13(18)20-6-3/h1-2,11H,6-10H2,3H3,(H,16,18)(H2,14,15,17). The van der Waals surface area contributed by atoms with Crippen molar-refractivity contribution in [2.24, 2.45) is 0 Å². The molecule has 0 aliphatic carbocycles. The van der Waals surface area contributed by atoms with Gasteiger partial charge in [-0.15, -0.1) is 12.8 Å². The molecule has 0 aromatic carbocycles. The first-order valence-electron chi connectivity index (χ1n) is 6.16. The molecule has 0 spiro atoms. The number of carbonyl (C=O) groups excluding carboxylic acids is 2. The summed E-state index contributed by atoms with van der Waals surface area (Å²) in [5.74, 6) is 4.62. The Morgan fingerprint density at radius 1 is 1.19 bits per heavy atom. The third kappa shape index (κ3) is 11.1. The number of urea groups is 1. The molecule has 1 unspecified atom stereocenters. The van der Waals surface area contributed by atoms with Crippen LogP contribution in [0.15, 0.2) is 0 Å². The van der Waals surface area contributed by atoms with Gasteiger partial charge in [0.1, 0.15) is 13.2 Å². The molecule has 0 heterocycles. The third-order valence-electron chi connectivity index (χ3n) is 1.94. The zero-order valence-electron chi connectivity index (χ0n) is 11.8. The third-order valence-corrected chi connectivity index (χ3v) is 1.94. The Balaban J connectivity index is 3.97. The molecule has 3 N–H and O–H groups in total. The molecule has 0 fully saturated rings. The fourth-order valence-electron chi connectivity index (χ4n) is 1.11. The summed E-state index contributed by atoms with van der Waals surface area (Å²) in [6, 6.07) is -0.630. The van der Waals surface area contributed by atoms with Crippen molar-refractivity contribution in [3.63, 3.8) is 0 Å². The number of hydrogen-bond donors (Lipinski definition) is 3. The molecule has 8 nitrogen and oxygen atoms in total. The summed E-state index contributed by atoms with van der Waals surface area (Å²) in [7, 11) is 0. The number of terminal acetylenes is 2. The van der Waals surface area contributed by atoms with Crippen LogP contribution in [0.4, 0.5) is 9.59 Å². The second-order valence-electron chi connectivity index (χ2n) is 3.54. The minimum absolute atomic E-state index is 0.0778. The molecule has 0 aliphatic heterocycles. The van der Waals surface area contributed by atoms with Crippen molar-refractivity contribution in [1.29, 1.82) is 0 Å². The van der Waals surface area contributed by atoms with Gasteiger partial charge in [-0.3, -0.25) is 0 Å². The maximum atomic E-state index is 11.4. The Kier molecular flexibility index (Phi) is 11.2. The molecule has 0 aromatic heterocycles. The summed E-state index contributed by atoms with van der Waals surface area (Å²) >= 11 is 0. The van der Waals surface area contributed by atoms with Crippen molar-refractivity contribution in [3.8, 4) is 24.7 Å². The van der Waals surface area contributed by atoms with Crippen LogP contribution in [0.5, 0.6) is 0 Å². The number of rotatable bonds is 8. The Morgan fingerprint density at radius 3 is 2.52 bits per heavy atom. The fourth-order valence-corrected chi connectivity index (χ4v) is 1.11. The Morgan fingerprint density at radius 2 is 1.90 bits per heavy atom. The average molecular weight is 297 g/mol. The van der Waals surface area contributed by atoms with E-state index in [-0.39, 0.29) is 33.0 Å². The van der Waals surface area contributed by atoms with Gasteiger partial charge in [0.2, 0.25) is 0 Å². The summed E-state index contributed by atoms with van der Waals surface area (Å²) < 4.78 is 14.9. The molecule has 0 saturated heterocycles. The lowest BCUT2D eigenvalue weighted by Crippen LogP contribution is -2.49. The van der Waals surface area contributed by atoms with E-state index in [1.807, 2.05) is 5.43 Å². The van der Waals surface area contributed by atoms with Gasteiger partial charge in [-0.2, -0.15) is 0 Å². The second kappa shape index (κ2) is 12.6. The van der Waals surface area contributed by atoms with Crippen LogP contribution in [-0.2, 0) is 14.2 Å². The zero-order valence-corrected chi connectivity index (χ0v) is 11.8. The molecule has 0 bridgehead atoms. The lowest BCUT2D eigenvalue weighted by atomic mass is 10.3. The highest BCUT2D eigenvalue weighted by atomic mass is 16.6. The smallest absolute Gasteiger partial charge is 0.426 e.